The highest BCUT2D eigenvalue weighted by atomic mass is 32.3. The van der Waals surface area contributed by atoms with Gasteiger partial charge in [-0.05, 0) is 49.2 Å². The fourth-order valence-electron chi connectivity index (χ4n) is 3.38. The number of aromatic nitrogens is 1. The topological polar surface area (TPSA) is 137 Å². The minimum atomic E-state index is -4.67. The number of ether oxygens (including phenoxy) is 1. The number of carboxylic acid groups (broad SMARTS) is 1. The second-order valence-electron chi connectivity index (χ2n) is 8.09. The molecule has 1 saturated heterocycles. The van der Waals surface area contributed by atoms with Crippen molar-refractivity contribution in [2.75, 3.05) is 13.1 Å². The Morgan fingerprint density at radius 1 is 1.09 bits per heavy atom. The van der Waals surface area contributed by atoms with E-state index in [2.05, 4.69) is 46.3 Å². The molecule has 182 valence electrons. The van der Waals surface area contributed by atoms with E-state index in [1.807, 2.05) is 32.2 Å². The van der Waals surface area contributed by atoms with Crippen molar-refractivity contribution in [1.29, 1.82) is 0 Å². The second-order valence-corrected chi connectivity index (χ2v) is 10.0. The van der Waals surface area contributed by atoms with E-state index in [-0.39, 0.29) is 12.0 Å². The van der Waals surface area contributed by atoms with Crippen molar-refractivity contribution in [3.63, 3.8) is 0 Å². The SMILES string of the molecule is CC(C)Oc1ccc(-c2cnc(-c3ccc(CN4CC(C(=O)O)C4)cc3)s2)cc1.O=S(=O)(O)O. The van der Waals surface area contributed by atoms with E-state index in [1.165, 1.54) is 5.56 Å². The van der Waals surface area contributed by atoms with Crippen molar-refractivity contribution in [3.05, 3.63) is 60.3 Å². The first kappa shape index (κ1) is 25.8. The Kier molecular flexibility index (Phi) is 8.39. The summed E-state index contributed by atoms with van der Waals surface area (Å²) >= 11 is 1.67. The summed E-state index contributed by atoms with van der Waals surface area (Å²) < 4.78 is 37.3. The molecule has 1 fully saturated rings. The molecule has 0 bridgehead atoms. The molecule has 2 aromatic carbocycles. The first-order valence-electron chi connectivity index (χ1n) is 10.4. The zero-order valence-electron chi connectivity index (χ0n) is 18.7. The number of carboxylic acids is 1. The summed E-state index contributed by atoms with van der Waals surface area (Å²) in [4.78, 5) is 18.8. The maximum Gasteiger partial charge on any atom is 0.394 e. The molecule has 11 heteroatoms. The van der Waals surface area contributed by atoms with Gasteiger partial charge in [0.1, 0.15) is 10.8 Å². The number of hydrogen-bond donors (Lipinski definition) is 3. The normalized spacial score (nSPS) is 14.3. The number of rotatable bonds is 7. The van der Waals surface area contributed by atoms with Gasteiger partial charge in [-0.15, -0.1) is 11.3 Å². The Morgan fingerprint density at radius 2 is 1.65 bits per heavy atom. The molecular weight excluding hydrogens is 480 g/mol. The van der Waals surface area contributed by atoms with E-state index in [0.717, 1.165) is 33.3 Å². The van der Waals surface area contributed by atoms with Crippen LogP contribution in [-0.2, 0) is 21.7 Å². The van der Waals surface area contributed by atoms with Crippen molar-refractivity contribution in [1.82, 2.24) is 9.88 Å². The maximum absolute atomic E-state index is 10.9. The molecule has 0 atom stereocenters. The Balaban J connectivity index is 0.000000588. The quantitative estimate of drug-likeness (QED) is 0.404. The molecule has 4 rings (SSSR count). The second kappa shape index (κ2) is 11.1. The molecule has 1 aliphatic heterocycles. The minimum Gasteiger partial charge on any atom is -0.491 e. The molecule has 9 nitrogen and oxygen atoms in total. The number of hydrogen-bond acceptors (Lipinski definition) is 7. The lowest BCUT2D eigenvalue weighted by molar-refractivity contribution is -0.147. The summed E-state index contributed by atoms with van der Waals surface area (Å²) in [6.45, 7) is 6.09. The first-order valence-corrected chi connectivity index (χ1v) is 12.7. The van der Waals surface area contributed by atoms with Crippen LogP contribution in [0.15, 0.2) is 54.7 Å². The highest BCUT2D eigenvalue weighted by Gasteiger charge is 2.32. The van der Waals surface area contributed by atoms with Gasteiger partial charge in [0, 0.05) is 31.4 Å². The molecular formula is C23H26N2O7S2. The van der Waals surface area contributed by atoms with Crippen molar-refractivity contribution >= 4 is 27.7 Å². The van der Waals surface area contributed by atoms with E-state index < -0.39 is 16.4 Å². The van der Waals surface area contributed by atoms with Crippen molar-refractivity contribution in [3.8, 4) is 26.8 Å². The van der Waals surface area contributed by atoms with Crippen LogP contribution in [0.5, 0.6) is 5.75 Å². The van der Waals surface area contributed by atoms with Crippen LogP contribution < -0.4 is 4.74 Å². The highest BCUT2D eigenvalue weighted by Crippen LogP contribution is 2.33. The standard InChI is InChI=1S/C23H24N2O3S.H2O4S/c1-15(2)28-20-9-7-17(8-10-20)21-11-24-22(29-21)18-5-3-16(4-6-18)12-25-13-19(14-25)23(26)27;1-5(2,3)4/h3-11,15,19H,12-14H2,1-2H3,(H,26,27);(H2,1,2,3,4). The van der Waals surface area contributed by atoms with Crippen molar-refractivity contribution < 1.29 is 32.2 Å². The largest absolute Gasteiger partial charge is 0.491 e. The van der Waals surface area contributed by atoms with Crippen molar-refractivity contribution in [2.45, 2.75) is 26.5 Å². The fourth-order valence-corrected chi connectivity index (χ4v) is 4.30. The summed E-state index contributed by atoms with van der Waals surface area (Å²) in [6, 6.07) is 16.5. The Bertz CT molecular complexity index is 1190. The number of benzene rings is 2. The molecule has 1 aromatic heterocycles. The molecule has 3 aromatic rings. The van der Waals surface area contributed by atoms with Gasteiger partial charge in [0.05, 0.1) is 16.9 Å². The average molecular weight is 507 g/mol. The van der Waals surface area contributed by atoms with Crippen LogP contribution in [0.25, 0.3) is 21.0 Å². The molecule has 34 heavy (non-hydrogen) atoms. The Hall–Kier alpha value is -2.83. The van der Waals surface area contributed by atoms with E-state index in [4.69, 9.17) is 27.4 Å². The number of thiazole rings is 1. The van der Waals surface area contributed by atoms with Crippen LogP contribution in [0.1, 0.15) is 19.4 Å². The first-order chi connectivity index (χ1) is 16.0. The number of carbonyl (C=O) groups is 1. The van der Waals surface area contributed by atoms with Crippen LogP contribution in [0.2, 0.25) is 0 Å². The fraction of sp³-hybridized carbons (Fsp3) is 0.304. The number of likely N-dealkylation sites (tertiary alicyclic amines) is 1. The zero-order valence-corrected chi connectivity index (χ0v) is 20.3. The predicted octanol–water partition coefficient (Wildman–Crippen LogP) is 4.13. The van der Waals surface area contributed by atoms with E-state index in [1.54, 1.807) is 11.3 Å². The smallest absolute Gasteiger partial charge is 0.394 e. The summed E-state index contributed by atoms with van der Waals surface area (Å²) in [7, 11) is -4.67. The van der Waals surface area contributed by atoms with Crippen LogP contribution in [0.3, 0.4) is 0 Å². The molecule has 3 N–H and O–H groups in total. The lowest BCUT2D eigenvalue weighted by Gasteiger charge is -2.36. The van der Waals surface area contributed by atoms with Gasteiger partial charge in [-0.1, -0.05) is 24.3 Å². The summed E-state index contributed by atoms with van der Waals surface area (Å²) in [5, 5.41) is 9.96. The Morgan fingerprint density at radius 3 is 2.18 bits per heavy atom. The third kappa shape index (κ3) is 7.89. The van der Waals surface area contributed by atoms with Gasteiger partial charge in [-0.25, -0.2) is 4.98 Å². The molecule has 0 radical (unpaired) electrons. The molecule has 0 spiro atoms. The number of aliphatic carboxylic acids is 1. The van der Waals surface area contributed by atoms with Crippen LogP contribution in [0.4, 0.5) is 0 Å². The van der Waals surface area contributed by atoms with Gasteiger partial charge in [-0.2, -0.15) is 8.42 Å². The monoisotopic (exact) mass is 506 g/mol. The summed E-state index contributed by atoms with van der Waals surface area (Å²) in [5.74, 6) is -0.0340. The summed E-state index contributed by atoms with van der Waals surface area (Å²) in [5.41, 5.74) is 3.42. The van der Waals surface area contributed by atoms with Crippen LogP contribution in [0, 0.1) is 5.92 Å². The zero-order chi connectivity index (χ0) is 24.9. The van der Waals surface area contributed by atoms with E-state index in [0.29, 0.717) is 13.1 Å². The van der Waals surface area contributed by atoms with Gasteiger partial charge < -0.3 is 9.84 Å². The number of nitrogens with zero attached hydrogens (tertiary/aromatic N) is 2. The lowest BCUT2D eigenvalue weighted by Crippen LogP contribution is -2.49. The van der Waals surface area contributed by atoms with Gasteiger partial charge >= 0.3 is 16.4 Å². The molecule has 0 unspecified atom stereocenters. The third-order valence-corrected chi connectivity index (χ3v) is 6.03. The minimum absolute atomic E-state index is 0.165. The van der Waals surface area contributed by atoms with E-state index >= 15 is 0 Å². The van der Waals surface area contributed by atoms with Gasteiger partial charge in [-0.3, -0.25) is 18.8 Å². The predicted molar refractivity (Wildman–Crippen MR) is 129 cm³/mol. The molecule has 0 aliphatic carbocycles. The van der Waals surface area contributed by atoms with Gasteiger partial charge in [0.25, 0.3) is 0 Å². The van der Waals surface area contributed by atoms with E-state index in [9.17, 15) is 4.79 Å². The average Bonchev–Trinajstić information content (AvgIpc) is 3.19. The van der Waals surface area contributed by atoms with Crippen LogP contribution >= 0.6 is 11.3 Å². The van der Waals surface area contributed by atoms with Crippen LogP contribution in [-0.4, -0.2) is 57.7 Å². The lowest BCUT2D eigenvalue weighted by atomic mass is 9.99. The Labute approximate surface area is 202 Å². The van der Waals surface area contributed by atoms with Gasteiger partial charge in [0.15, 0.2) is 0 Å². The molecule has 1 aliphatic rings. The molecule has 0 amide bonds. The molecule has 0 saturated carbocycles. The summed E-state index contributed by atoms with van der Waals surface area (Å²) in [6.07, 6.45) is 2.08. The van der Waals surface area contributed by atoms with Crippen molar-refractivity contribution in [2.24, 2.45) is 5.92 Å². The third-order valence-electron chi connectivity index (χ3n) is 4.93. The maximum atomic E-state index is 10.9. The van der Waals surface area contributed by atoms with Gasteiger partial charge in [0.2, 0.25) is 0 Å². The highest BCUT2D eigenvalue weighted by molar-refractivity contribution is 7.79. The molecule has 2 heterocycles.